The lowest BCUT2D eigenvalue weighted by molar-refractivity contribution is -0.131. The normalized spacial score (nSPS) is 15.4. The molecule has 0 atom stereocenters. The summed E-state index contributed by atoms with van der Waals surface area (Å²) < 4.78 is 0. The Morgan fingerprint density at radius 1 is 1.06 bits per heavy atom. The molecule has 0 aliphatic carbocycles. The lowest BCUT2D eigenvalue weighted by atomic mass is 10.1. The number of rotatable bonds is 3. The molecule has 4 heteroatoms. The smallest absolute Gasteiger partial charge is 0.248 e. The van der Waals surface area contributed by atoms with E-state index in [2.05, 4.69) is 0 Å². The molecule has 18 heavy (non-hydrogen) atoms. The molecule has 2 N–H and O–H groups in total. The molecule has 1 saturated heterocycles. The van der Waals surface area contributed by atoms with Crippen LogP contribution in [0.1, 0.15) is 35.2 Å². The van der Waals surface area contributed by atoms with Crippen LogP contribution in [0.15, 0.2) is 24.3 Å². The average molecular weight is 246 g/mol. The van der Waals surface area contributed by atoms with Crippen molar-refractivity contribution in [3.05, 3.63) is 35.4 Å². The fraction of sp³-hybridized carbons (Fsp3) is 0.429. The van der Waals surface area contributed by atoms with E-state index in [9.17, 15) is 9.59 Å². The SMILES string of the molecule is NC(=O)c1ccc(CC(=O)N2CCCCC2)cc1. The first-order valence-electron chi connectivity index (χ1n) is 6.33. The van der Waals surface area contributed by atoms with Gasteiger partial charge >= 0.3 is 0 Å². The zero-order valence-corrected chi connectivity index (χ0v) is 10.4. The summed E-state index contributed by atoms with van der Waals surface area (Å²) in [4.78, 5) is 24.9. The molecule has 0 saturated carbocycles. The highest BCUT2D eigenvalue weighted by molar-refractivity contribution is 5.92. The van der Waals surface area contributed by atoms with Gasteiger partial charge in [0.25, 0.3) is 0 Å². The van der Waals surface area contributed by atoms with Crippen molar-refractivity contribution in [2.45, 2.75) is 25.7 Å². The van der Waals surface area contributed by atoms with Gasteiger partial charge in [-0.3, -0.25) is 9.59 Å². The monoisotopic (exact) mass is 246 g/mol. The summed E-state index contributed by atoms with van der Waals surface area (Å²) in [5.74, 6) is -0.273. The Morgan fingerprint density at radius 3 is 2.22 bits per heavy atom. The number of likely N-dealkylation sites (tertiary alicyclic amines) is 1. The molecule has 1 aromatic carbocycles. The molecular weight excluding hydrogens is 228 g/mol. The lowest BCUT2D eigenvalue weighted by Gasteiger charge is -2.26. The number of amides is 2. The summed E-state index contributed by atoms with van der Waals surface area (Å²) in [6.07, 6.45) is 3.83. The van der Waals surface area contributed by atoms with Gasteiger partial charge in [-0.15, -0.1) is 0 Å². The van der Waals surface area contributed by atoms with Gasteiger partial charge in [0.05, 0.1) is 6.42 Å². The molecule has 2 amide bonds. The van der Waals surface area contributed by atoms with Crippen LogP contribution in [0.3, 0.4) is 0 Å². The van der Waals surface area contributed by atoms with E-state index in [0.29, 0.717) is 12.0 Å². The fourth-order valence-electron chi connectivity index (χ4n) is 2.22. The first kappa shape index (κ1) is 12.6. The summed E-state index contributed by atoms with van der Waals surface area (Å²) in [5, 5.41) is 0. The maximum Gasteiger partial charge on any atom is 0.248 e. The van der Waals surface area contributed by atoms with Gasteiger partial charge in [-0.25, -0.2) is 0 Å². The number of hydrogen-bond donors (Lipinski definition) is 1. The second-order valence-electron chi connectivity index (χ2n) is 4.68. The molecule has 1 aliphatic heterocycles. The van der Waals surface area contributed by atoms with Crippen molar-refractivity contribution in [2.24, 2.45) is 5.73 Å². The molecule has 0 bridgehead atoms. The van der Waals surface area contributed by atoms with E-state index in [4.69, 9.17) is 5.73 Å². The number of carbonyl (C=O) groups excluding carboxylic acids is 2. The quantitative estimate of drug-likeness (QED) is 0.874. The van der Waals surface area contributed by atoms with Crippen molar-refractivity contribution < 1.29 is 9.59 Å². The fourth-order valence-corrected chi connectivity index (χ4v) is 2.22. The topological polar surface area (TPSA) is 63.4 Å². The molecule has 1 aliphatic rings. The molecular formula is C14H18N2O2. The van der Waals surface area contributed by atoms with Gasteiger partial charge in [0, 0.05) is 18.7 Å². The Balaban J connectivity index is 1.96. The minimum atomic E-state index is -0.441. The third-order valence-corrected chi connectivity index (χ3v) is 3.30. The molecule has 1 aromatic rings. The minimum absolute atomic E-state index is 0.168. The van der Waals surface area contributed by atoms with Gasteiger partial charge in [0.1, 0.15) is 0 Å². The van der Waals surface area contributed by atoms with E-state index in [1.165, 1.54) is 6.42 Å². The van der Waals surface area contributed by atoms with Crippen molar-refractivity contribution >= 4 is 11.8 Å². The minimum Gasteiger partial charge on any atom is -0.366 e. The largest absolute Gasteiger partial charge is 0.366 e. The molecule has 1 fully saturated rings. The van der Waals surface area contributed by atoms with E-state index in [-0.39, 0.29) is 5.91 Å². The van der Waals surface area contributed by atoms with Gasteiger partial charge in [0.15, 0.2) is 0 Å². The first-order valence-corrected chi connectivity index (χ1v) is 6.33. The second-order valence-corrected chi connectivity index (χ2v) is 4.68. The lowest BCUT2D eigenvalue weighted by Crippen LogP contribution is -2.36. The molecule has 0 radical (unpaired) electrons. The Labute approximate surface area is 107 Å². The van der Waals surface area contributed by atoms with Crippen molar-refractivity contribution in [1.82, 2.24) is 4.90 Å². The van der Waals surface area contributed by atoms with Crippen LogP contribution >= 0.6 is 0 Å². The van der Waals surface area contributed by atoms with Crippen molar-refractivity contribution in [3.63, 3.8) is 0 Å². The van der Waals surface area contributed by atoms with E-state index >= 15 is 0 Å². The summed E-state index contributed by atoms with van der Waals surface area (Å²) in [7, 11) is 0. The molecule has 0 unspecified atom stereocenters. The predicted molar refractivity (Wildman–Crippen MR) is 69.1 cm³/mol. The first-order chi connectivity index (χ1) is 8.66. The second kappa shape index (κ2) is 5.67. The molecule has 0 spiro atoms. The number of hydrogen-bond acceptors (Lipinski definition) is 2. The van der Waals surface area contributed by atoms with Crippen molar-refractivity contribution in [1.29, 1.82) is 0 Å². The Kier molecular flexibility index (Phi) is 3.97. The predicted octanol–water partition coefficient (Wildman–Crippen LogP) is 1.34. The molecule has 2 rings (SSSR count). The van der Waals surface area contributed by atoms with Crippen LogP contribution < -0.4 is 5.73 Å². The van der Waals surface area contributed by atoms with Gasteiger partial charge < -0.3 is 10.6 Å². The number of benzene rings is 1. The Hall–Kier alpha value is -1.84. The van der Waals surface area contributed by atoms with E-state index in [0.717, 1.165) is 31.5 Å². The van der Waals surface area contributed by atoms with Crippen LogP contribution in [0.5, 0.6) is 0 Å². The van der Waals surface area contributed by atoms with E-state index in [1.807, 2.05) is 4.90 Å². The maximum absolute atomic E-state index is 12.0. The van der Waals surface area contributed by atoms with E-state index in [1.54, 1.807) is 24.3 Å². The zero-order valence-electron chi connectivity index (χ0n) is 10.4. The van der Waals surface area contributed by atoms with Gasteiger partial charge in [-0.05, 0) is 37.0 Å². The van der Waals surface area contributed by atoms with E-state index < -0.39 is 5.91 Å². The van der Waals surface area contributed by atoms with Crippen LogP contribution in [0.25, 0.3) is 0 Å². The van der Waals surface area contributed by atoms with Crippen LogP contribution in [0.2, 0.25) is 0 Å². The highest BCUT2D eigenvalue weighted by Crippen LogP contribution is 2.12. The zero-order chi connectivity index (χ0) is 13.0. The number of primary amides is 1. The summed E-state index contributed by atoms with van der Waals surface area (Å²) in [6.45, 7) is 1.75. The molecule has 1 heterocycles. The molecule has 96 valence electrons. The third-order valence-electron chi connectivity index (χ3n) is 3.30. The Bertz CT molecular complexity index is 434. The standard InChI is InChI=1S/C14H18N2O2/c15-14(18)12-6-4-11(5-7-12)10-13(17)16-8-2-1-3-9-16/h4-7H,1-3,8-10H2,(H2,15,18). The summed E-state index contributed by atoms with van der Waals surface area (Å²) >= 11 is 0. The molecule has 4 nitrogen and oxygen atoms in total. The van der Waals surface area contributed by atoms with Gasteiger partial charge in [-0.1, -0.05) is 12.1 Å². The van der Waals surface area contributed by atoms with Gasteiger partial charge in [-0.2, -0.15) is 0 Å². The van der Waals surface area contributed by atoms with Gasteiger partial charge in [0.2, 0.25) is 11.8 Å². The highest BCUT2D eigenvalue weighted by Gasteiger charge is 2.16. The van der Waals surface area contributed by atoms with Crippen LogP contribution in [0.4, 0.5) is 0 Å². The summed E-state index contributed by atoms with van der Waals surface area (Å²) in [6, 6.07) is 6.92. The highest BCUT2D eigenvalue weighted by atomic mass is 16.2. The third kappa shape index (κ3) is 3.09. The number of nitrogens with two attached hydrogens (primary N) is 1. The molecule has 0 aromatic heterocycles. The number of nitrogens with zero attached hydrogens (tertiary/aromatic N) is 1. The Morgan fingerprint density at radius 2 is 1.67 bits per heavy atom. The van der Waals surface area contributed by atoms with Crippen molar-refractivity contribution in [2.75, 3.05) is 13.1 Å². The van der Waals surface area contributed by atoms with Crippen LogP contribution in [-0.4, -0.2) is 29.8 Å². The number of carbonyl (C=O) groups is 2. The van der Waals surface area contributed by atoms with Crippen LogP contribution in [-0.2, 0) is 11.2 Å². The average Bonchev–Trinajstić information content (AvgIpc) is 2.40. The summed E-state index contributed by atoms with van der Waals surface area (Å²) in [5.41, 5.74) is 6.57. The van der Waals surface area contributed by atoms with Crippen LogP contribution in [0, 0.1) is 0 Å². The maximum atomic E-state index is 12.0. The van der Waals surface area contributed by atoms with Crippen molar-refractivity contribution in [3.8, 4) is 0 Å². The number of piperidine rings is 1.